The zero-order valence-corrected chi connectivity index (χ0v) is 22.5. The Hall–Kier alpha value is -3.96. The van der Waals surface area contributed by atoms with E-state index in [1.807, 2.05) is 22.9 Å². The minimum atomic E-state index is -0.545. The quantitative estimate of drug-likeness (QED) is 0.379. The molecule has 2 aliphatic heterocycles. The zero-order valence-electron chi connectivity index (χ0n) is 22.5. The average Bonchev–Trinajstić information content (AvgIpc) is 3.48. The van der Waals surface area contributed by atoms with Gasteiger partial charge in [-0.3, -0.25) is 14.4 Å². The van der Waals surface area contributed by atoms with Crippen molar-refractivity contribution in [1.29, 1.82) is 0 Å². The molecular weight excluding hydrogens is 516 g/mol. The molecule has 11 heteroatoms. The van der Waals surface area contributed by atoms with Crippen LogP contribution in [0, 0.1) is 11.6 Å². The fraction of sp³-hybridized carbons (Fsp3) is 0.379. The van der Waals surface area contributed by atoms with Gasteiger partial charge in [-0.25, -0.2) is 18.7 Å². The normalized spacial score (nSPS) is 16.9. The van der Waals surface area contributed by atoms with Crippen molar-refractivity contribution in [3.05, 3.63) is 65.6 Å². The number of amides is 1. The molecule has 1 amide bonds. The van der Waals surface area contributed by atoms with E-state index in [0.29, 0.717) is 47.7 Å². The number of pyridine rings is 2. The van der Waals surface area contributed by atoms with Gasteiger partial charge in [-0.05, 0) is 41.8 Å². The van der Waals surface area contributed by atoms with E-state index >= 15 is 4.39 Å². The molecule has 1 fully saturated rings. The summed E-state index contributed by atoms with van der Waals surface area (Å²) in [7, 11) is 0. The lowest BCUT2D eigenvalue weighted by Crippen LogP contribution is -2.49. The maximum absolute atomic E-state index is 15.1. The second kappa shape index (κ2) is 10.2. The van der Waals surface area contributed by atoms with Crippen molar-refractivity contribution in [2.24, 2.45) is 0 Å². The molecule has 2 N–H and O–H groups in total. The molecule has 6 rings (SSSR count). The van der Waals surface area contributed by atoms with E-state index in [1.54, 1.807) is 17.2 Å². The van der Waals surface area contributed by atoms with Crippen molar-refractivity contribution in [1.82, 2.24) is 29.5 Å². The van der Waals surface area contributed by atoms with E-state index in [2.05, 4.69) is 39.1 Å². The van der Waals surface area contributed by atoms with E-state index in [4.69, 9.17) is 5.11 Å². The highest BCUT2D eigenvalue weighted by atomic mass is 19.1. The number of hydrogen-bond acceptors (Lipinski definition) is 7. The molecule has 40 heavy (non-hydrogen) atoms. The summed E-state index contributed by atoms with van der Waals surface area (Å²) in [6.45, 7) is 7.82. The summed E-state index contributed by atoms with van der Waals surface area (Å²) in [5, 5.41) is 17.3. The van der Waals surface area contributed by atoms with Gasteiger partial charge >= 0.3 is 0 Å². The van der Waals surface area contributed by atoms with Crippen LogP contribution in [0.5, 0.6) is 0 Å². The number of anilines is 2. The van der Waals surface area contributed by atoms with Gasteiger partial charge in [-0.1, -0.05) is 19.9 Å². The Balaban J connectivity index is 1.18. The highest BCUT2D eigenvalue weighted by Crippen LogP contribution is 2.41. The Labute approximate surface area is 230 Å². The van der Waals surface area contributed by atoms with E-state index < -0.39 is 18.2 Å². The van der Waals surface area contributed by atoms with Gasteiger partial charge in [0.1, 0.15) is 29.6 Å². The first-order valence-electron chi connectivity index (χ1n) is 13.4. The third kappa shape index (κ3) is 4.90. The molecular formula is C29H31F2N7O2. The van der Waals surface area contributed by atoms with Crippen LogP contribution in [0.4, 0.5) is 20.4 Å². The highest BCUT2D eigenvalue weighted by molar-refractivity contribution is 5.89. The maximum Gasteiger partial charge on any atom is 0.248 e. The zero-order chi connectivity index (χ0) is 28.0. The Kier molecular flexibility index (Phi) is 6.71. The number of aliphatic hydroxyl groups excluding tert-OH is 1. The van der Waals surface area contributed by atoms with Gasteiger partial charge < -0.3 is 15.3 Å². The van der Waals surface area contributed by atoms with Gasteiger partial charge in [0.05, 0.1) is 11.9 Å². The smallest absolute Gasteiger partial charge is 0.248 e. The number of aryl methyl sites for hydroxylation is 1. The van der Waals surface area contributed by atoms with Crippen LogP contribution in [0.3, 0.4) is 0 Å². The van der Waals surface area contributed by atoms with Gasteiger partial charge in [0.2, 0.25) is 5.91 Å². The number of halogens is 2. The second-order valence-electron chi connectivity index (χ2n) is 11.1. The van der Waals surface area contributed by atoms with Crippen LogP contribution < -0.4 is 5.32 Å². The predicted octanol–water partition coefficient (Wildman–Crippen LogP) is 3.83. The molecule has 0 aliphatic carbocycles. The van der Waals surface area contributed by atoms with Crippen molar-refractivity contribution < 1.29 is 18.7 Å². The molecule has 0 atom stereocenters. The second-order valence-corrected chi connectivity index (χ2v) is 11.1. The third-order valence-corrected chi connectivity index (χ3v) is 7.90. The summed E-state index contributed by atoms with van der Waals surface area (Å²) in [6.07, 6.45) is 3.81. The summed E-state index contributed by atoms with van der Waals surface area (Å²) in [5.41, 5.74) is 2.82. The lowest BCUT2D eigenvalue weighted by Gasteiger charge is -2.34. The maximum atomic E-state index is 15.1. The van der Waals surface area contributed by atoms with Gasteiger partial charge in [0.25, 0.3) is 0 Å². The van der Waals surface area contributed by atoms with Gasteiger partial charge in [-0.15, -0.1) is 0 Å². The van der Waals surface area contributed by atoms with Crippen molar-refractivity contribution in [2.45, 2.75) is 38.8 Å². The fourth-order valence-electron chi connectivity index (χ4n) is 5.69. The lowest BCUT2D eigenvalue weighted by molar-refractivity contribution is -0.136. The first kappa shape index (κ1) is 26.3. The Morgan fingerprint density at radius 3 is 2.50 bits per heavy atom. The topological polar surface area (TPSA) is 99.4 Å². The number of hydrogen-bond donors (Lipinski definition) is 2. The molecule has 5 heterocycles. The van der Waals surface area contributed by atoms with Crippen molar-refractivity contribution in [2.75, 3.05) is 38.1 Å². The molecule has 0 unspecified atom stereocenters. The summed E-state index contributed by atoms with van der Waals surface area (Å²) in [6, 6.07) is 8.49. The number of carbonyl (C=O) groups excluding carboxylic acids is 1. The molecule has 1 aromatic carbocycles. The van der Waals surface area contributed by atoms with E-state index in [-0.39, 0.29) is 16.9 Å². The Bertz CT molecular complexity index is 1580. The highest BCUT2D eigenvalue weighted by Gasteiger charge is 2.34. The van der Waals surface area contributed by atoms with Crippen LogP contribution in [0.25, 0.3) is 22.0 Å². The lowest BCUT2D eigenvalue weighted by atomic mass is 9.86. The number of piperazine rings is 1. The van der Waals surface area contributed by atoms with Crippen LogP contribution >= 0.6 is 0 Å². The fourth-order valence-corrected chi connectivity index (χ4v) is 5.69. The molecule has 0 bridgehead atoms. The molecule has 208 valence electrons. The van der Waals surface area contributed by atoms with Crippen LogP contribution in [-0.4, -0.2) is 73.3 Å². The molecule has 0 saturated carbocycles. The molecule has 0 radical (unpaired) electrons. The molecule has 3 aromatic heterocycles. The molecule has 4 aromatic rings. The molecule has 9 nitrogen and oxygen atoms in total. The summed E-state index contributed by atoms with van der Waals surface area (Å²) < 4.78 is 31.9. The van der Waals surface area contributed by atoms with E-state index in [9.17, 15) is 9.18 Å². The number of aromatic nitrogens is 4. The Morgan fingerprint density at radius 1 is 1.00 bits per heavy atom. The molecule has 0 spiro atoms. The van der Waals surface area contributed by atoms with Gasteiger partial charge in [0.15, 0.2) is 5.82 Å². The summed E-state index contributed by atoms with van der Waals surface area (Å²) in [4.78, 5) is 24.2. The monoisotopic (exact) mass is 547 g/mol. The molecule has 1 saturated heterocycles. The minimum Gasteiger partial charge on any atom is -0.387 e. The first-order chi connectivity index (χ1) is 19.2. The van der Waals surface area contributed by atoms with Crippen molar-refractivity contribution >= 4 is 28.4 Å². The number of nitrogens with zero attached hydrogens (tertiary/aromatic N) is 6. The Morgan fingerprint density at radius 2 is 1.77 bits per heavy atom. The minimum absolute atomic E-state index is 0.144. The van der Waals surface area contributed by atoms with E-state index in [0.717, 1.165) is 43.5 Å². The van der Waals surface area contributed by atoms with Gasteiger partial charge in [0, 0.05) is 61.8 Å². The van der Waals surface area contributed by atoms with Crippen LogP contribution in [0.2, 0.25) is 0 Å². The van der Waals surface area contributed by atoms with Crippen LogP contribution in [0.15, 0.2) is 42.7 Å². The first-order valence-corrected chi connectivity index (χ1v) is 13.4. The van der Waals surface area contributed by atoms with Crippen molar-refractivity contribution in [3.63, 3.8) is 0 Å². The summed E-state index contributed by atoms with van der Waals surface area (Å²) >= 11 is 0. The van der Waals surface area contributed by atoms with Crippen molar-refractivity contribution in [3.8, 4) is 11.1 Å². The van der Waals surface area contributed by atoms with E-state index in [1.165, 1.54) is 6.07 Å². The van der Waals surface area contributed by atoms with Gasteiger partial charge in [-0.2, -0.15) is 5.10 Å². The number of rotatable bonds is 6. The largest absolute Gasteiger partial charge is 0.387 e. The number of aliphatic hydroxyl groups is 1. The SMILES string of the molecule is CC1(C)CCn2nc3c(F)cc(-c4cc(Nc5ccc(CN6CCN(C(=O)CO)CC6)cn5)ncc4F)cc3c21. The number of benzene rings is 1. The number of fused-ring (bicyclic) bond motifs is 3. The average molecular weight is 548 g/mol. The molecule has 2 aliphatic rings. The summed E-state index contributed by atoms with van der Waals surface area (Å²) in [5.74, 6) is -0.326. The number of carbonyl (C=O) groups is 1. The van der Waals surface area contributed by atoms with Crippen LogP contribution in [0.1, 0.15) is 31.5 Å². The number of nitrogens with one attached hydrogen (secondary N) is 1. The predicted molar refractivity (Wildman–Crippen MR) is 147 cm³/mol. The standard InChI is InChI=1S/C29H31F2N7O2/c1-29(2)5-6-38-28(29)21-11-19(12-22(30)27(21)35-38)20-13-25(33-15-23(20)31)34-24-4-3-18(14-32-24)16-36-7-9-37(10-8-36)26(40)17-39/h3-4,11-15,39H,5-10,16-17H2,1-2H3,(H,32,33,34). The third-order valence-electron chi connectivity index (χ3n) is 7.90. The van der Waals surface area contributed by atoms with Crippen LogP contribution in [-0.2, 0) is 23.3 Å².